The molecule has 234 valence electrons. The number of aryl methyl sites for hydroxylation is 1. The molecular weight excluding hydrogens is 589 g/mol. The van der Waals surface area contributed by atoms with Crippen molar-refractivity contribution < 1.29 is 27.8 Å². The number of pyridine rings is 1. The van der Waals surface area contributed by atoms with E-state index in [-0.39, 0.29) is 29.2 Å². The Morgan fingerprint density at radius 3 is 2.64 bits per heavy atom. The van der Waals surface area contributed by atoms with E-state index in [9.17, 15) is 23.1 Å². The number of carboxylic acid groups (broad SMARTS) is 1. The van der Waals surface area contributed by atoms with Crippen molar-refractivity contribution in [1.82, 2.24) is 4.98 Å². The van der Waals surface area contributed by atoms with Crippen LogP contribution in [0.2, 0.25) is 5.02 Å². The highest BCUT2D eigenvalue weighted by atomic mass is 35.5. The van der Waals surface area contributed by atoms with Gasteiger partial charge in [-0.2, -0.15) is 13.2 Å². The molecule has 0 saturated heterocycles. The number of nitrogens with one attached hydrogen (secondary N) is 1. The Labute approximate surface area is 261 Å². The lowest BCUT2D eigenvalue weighted by molar-refractivity contribution is -0.153. The molecule has 1 spiro atoms. The molecule has 3 aliphatic rings. The Bertz CT molecular complexity index is 1520. The summed E-state index contributed by atoms with van der Waals surface area (Å²) < 4.78 is 47.9. The summed E-state index contributed by atoms with van der Waals surface area (Å²) in [5.74, 6) is -1.77. The minimum atomic E-state index is -4.34. The van der Waals surface area contributed by atoms with Gasteiger partial charge in [0.15, 0.2) is 0 Å². The van der Waals surface area contributed by atoms with Gasteiger partial charge in [-0.05, 0) is 110 Å². The van der Waals surface area contributed by atoms with Gasteiger partial charge in [-0.25, -0.2) is 4.79 Å². The molecule has 3 aliphatic carbocycles. The topological polar surface area (TPSA) is 71.5 Å². The van der Waals surface area contributed by atoms with E-state index in [0.29, 0.717) is 67.3 Å². The van der Waals surface area contributed by atoms with E-state index in [1.54, 1.807) is 24.4 Å². The summed E-state index contributed by atoms with van der Waals surface area (Å²) in [6, 6.07) is 17.2. The molecule has 5 nitrogen and oxygen atoms in total. The predicted molar refractivity (Wildman–Crippen MR) is 164 cm³/mol. The molecule has 1 saturated carbocycles. The van der Waals surface area contributed by atoms with Gasteiger partial charge >= 0.3 is 12.1 Å². The molecule has 6 rings (SSSR count). The number of anilines is 1. The van der Waals surface area contributed by atoms with Crippen LogP contribution in [0, 0.1) is 11.8 Å². The summed E-state index contributed by atoms with van der Waals surface area (Å²) in [6.45, 7) is 2.40. The average Bonchev–Trinajstić information content (AvgIpc) is 3.28. The van der Waals surface area contributed by atoms with E-state index in [2.05, 4.69) is 41.5 Å². The number of fused-ring (bicyclic) bond motifs is 3. The maximum Gasteiger partial charge on any atom is 0.395 e. The van der Waals surface area contributed by atoms with Crippen molar-refractivity contribution in [2.75, 3.05) is 11.9 Å². The lowest BCUT2D eigenvalue weighted by Crippen LogP contribution is -2.53. The minimum absolute atomic E-state index is 0.0565. The molecular formula is C35H38ClF3N2O3. The zero-order valence-electron chi connectivity index (χ0n) is 24.8. The number of hydrogen-bond acceptors (Lipinski definition) is 4. The number of nitrogens with zero attached hydrogens (tertiary/aromatic N) is 1. The van der Waals surface area contributed by atoms with Gasteiger partial charge in [-0.15, -0.1) is 0 Å². The molecule has 1 fully saturated rings. The largest absolute Gasteiger partial charge is 0.493 e. The first-order valence-corrected chi connectivity index (χ1v) is 15.9. The van der Waals surface area contributed by atoms with Gasteiger partial charge in [0.25, 0.3) is 0 Å². The fourth-order valence-corrected chi connectivity index (χ4v) is 8.32. The number of ether oxygens (including phenoxy) is 1. The van der Waals surface area contributed by atoms with Gasteiger partial charge < -0.3 is 15.2 Å². The second-order valence-electron chi connectivity index (χ2n) is 13.0. The summed E-state index contributed by atoms with van der Waals surface area (Å²) in [7, 11) is 0. The Morgan fingerprint density at radius 1 is 1.14 bits per heavy atom. The second kappa shape index (κ2) is 11.9. The van der Waals surface area contributed by atoms with Gasteiger partial charge in [0.2, 0.25) is 0 Å². The van der Waals surface area contributed by atoms with Crippen LogP contribution in [0.15, 0.2) is 60.8 Å². The molecule has 0 amide bonds. The summed E-state index contributed by atoms with van der Waals surface area (Å²) in [4.78, 5) is 16.9. The number of halogens is 4. The van der Waals surface area contributed by atoms with Crippen molar-refractivity contribution in [3.8, 4) is 5.75 Å². The second-order valence-corrected chi connectivity index (χ2v) is 13.5. The van der Waals surface area contributed by atoms with Crippen LogP contribution in [-0.4, -0.2) is 34.4 Å². The molecule has 0 bridgehead atoms. The fourth-order valence-electron chi connectivity index (χ4n) is 8.13. The van der Waals surface area contributed by atoms with Crippen LogP contribution in [0.5, 0.6) is 5.75 Å². The summed E-state index contributed by atoms with van der Waals surface area (Å²) >= 11 is 6.19. The van der Waals surface area contributed by atoms with Crippen molar-refractivity contribution in [1.29, 1.82) is 0 Å². The monoisotopic (exact) mass is 626 g/mol. The average molecular weight is 627 g/mol. The number of carbonyl (C=O) groups is 1. The van der Waals surface area contributed by atoms with E-state index < -0.39 is 23.6 Å². The molecule has 0 radical (unpaired) electrons. The van der Waals surface area contributed by atoms with Crippen molar-refractivity contribution >= 4 is 23.3 Å². The van der Waals surface area contributed by atoms with Crippen LogP contribution >= 0.6 is 11.6 Å². The van der Waals surface area contributed by atoms with Crippen LogP contribution in [0.4, 0.5) is 18.9 Å². The van der Waals surface area contributed by atoms with Gasteiger partial charge in [-0.3, -0.25) is 4.98 Å². The first kappa shape index (κ1) is 30.8. The summed E-state index contributed by atoms with van der Waals surface area (Å²) in [6.07, 6.45) is 2.34. The maximum atomic E-state index is 13.9. The molecule has 1 heterocycles. The number of aromatic nitrogens is 1. The number of carboxylic acids is 1. The van der Waals surface area contributed by atoms with Crippen LogP contribution in [0.3, 0.4) is 0 Å². The number of benzene rings is 2. The molecule has 2 aromatic carbocycles. The first-order valence-electron chi connectivity index (χ1n) is 15.5. The number of aliphatic carboxylic acids is 1. The Balaban J connectivity index is 1.19. The van der Waals surface area contributed by atoms with Crippen molar-refractivity contribution in [3.63, 3.8) is 0 Å². The van der Waals surface area contributed by atoms with Crippen LogP contribution < -0.4 is 10.1 Å². The molecule has 44 heavy (non-hydrogen) atoms. The third-order valence-electron chi connectivity index (χ3n) is 10.3. The van der Waals surface area contributed by atoms with Crippen molar-refractivity contribution in [2.45, 2.75) is 87.8 Å². The molecule has 0 aliphatic heterocycles. The Kier molecular flexibility index (Phi) is 8.33. The smallest absolute Gasteiger partial charge is 0.395 e. The minimum Gasteiger partial charge on any atom is -0.493 e. The van der Waals surface area contributed by atoms with Gasteiger partial charge in [-0.1, -0.05) is 48.9 Å². The lowest BCUT2D eigenvalue weighted by atomic mass is 9.59. The van der Waals surface area contributed by atoms with E-state index >= 15 is 0 Å². The van der Waals surface area contributed by atoms with Crippen LogP contribution in [0.25, 0.3) is 0 Å². The number of rotatable bonds is 8. The third-order valence-corrected chi connectivity index (χ3v) is 10.5. The van der Waals surface area contributed by atoms with E-state index in [1.807, 2.05) is 12.1 Å². The number of hydrogen-bond donors (Lipinski definition) is 2. The van der Waals surface area contributed by atoms with Crippen LogP contribution in [0.1, 0.15) is 80.2 Å². The highest BCUT2D eigenvalue weighted by molar-refractivity contribution is 6.30. The standard InChI is InChI=1S/C35H38ClF3N2O3/c1-22(21-44-30-12-17-40-29-11-5-10-28(31(29)30)35(37,38)39)18-24-19-23-6-2-3-9-27(23)33(24)13-15-34(16-14-33,32(42)43)41-26-8-4-7-25(36)20-26/h2-4,6-9,12,17,20,22,24,28,41H,5,10-11,13-16,18-19,21H2,1H3,(H,42,43)/t22-,24?,28+,33?,34?/m1/s1. The molecule has 3 aromatic rings. The predicted octanol–water partition coefficient (Wildman–Crippen LogP) is 8.74. The molecule has 1 aromatic heterocycles. The normalized spacial score (nSPS) is 26.9. The fraction of sp³-hybridized carbons (Fsp3) is 0.486. The van der Waals surface area contributed by atoms with E-state index in [1.165, 1.54) is 11.1 Å². The van der Waals surface area contributed by atoms with Gasteiger partial charge in [0, 0.05) is 28.2 Å². The molecule has 9 heteroatoms. The summed E-state index contributed by atoms with van der Waals surface area (Å²) in [5, 5.41) is 14.3. The summed E-state index contributed by atoms with van der Waals surface area (Å²) in [5.41, 5.74) is 2.72. The molecule has 3 atom stereocenters. The first-order chi connectivity index (χ1) is 21.0. The van der Waals surface area contributed by atoms with Crippen LogP contribution in [-0.2, 0) is 23.1 Å². The molecule has 1 unspecified atom stereocenters. The Hall–Kier alpha value is -3.26. The highest BCUT2D eigenvalue weighted by Crippen LogP contribution is 2.56. The quantitative estimate of drug-likeness (QED) is 0.262. The highest BCUT2D eigenvalue weighted by Gasteiger charge is 2.54. The maximum absolute atomic E-state index is 13.9. The van der Waals surface area contributed by atoms with Crippen molar-refractivity contribution in [2.24, 2.45) is 11.8 Å². The van der Waals surface area contributed by atoms with Gasteiger partial charge in [0.05, 0.1) is 12.5 Å². The zero-order valence-corrected chi connectivity index (χ0v) is 25.6. The zero-order chi connectivity index (χ0) is 31.1. The van der Waals surface area contributed by atoms with E-state index in [0.717, 1.165) is 12.8 Å². The lowest BCUT2D eigenvalue weighted by Gasteiger charge is -2.47. The number of alkyl halides is 3. The van der Waals surface area contributed by atoms with E-state index in [4.69, 9.17) is 16.3 Å². The SMILES string of the molecule is C[C@@H](COc1ccnc2c1[C@@H](C(F)(F)F)CCC2)CC1Cc2ccccc2C12CCC(Nc1cccc(Cl)c1)(C(=O)O)CC2. The van der Waals surface area contributed by atoms with Gasteiger partial charge in [0.1, 0.15) is 11.3 Å². The molecule has 2 N–H and O–H groups in total. The van der Waals surface area contributed by atoms with Crippen molar-refractivity contribution in [3.05, 3.63) is 88.2 Å². The third kappa shape index (κ3) is 5.78. The Morgan fingerprint density at radius 2 is 1.91 bits per heavy atom.